The van der Waals surface area contributed by atoms with Crippen molar-refractivity contribution in [2.24, 2.45) is 0 Å². The van der Waals surface area contributed by atoms with Gasteiger partial charge < -0.3 is 10.1 Å². The van der Waals surface area contributed by atoms with Crippen molar-refractivity contribution in [1.29, 1.82) is 0 Å². The van der Waals surface area contributed by atoms with Gasteiger partial charge in [0.05, 0.1) is 12.3 Å². The lowest BCUT2D eigenvalue weighted by Crippen LogP contribution is -2.07. The highest BCUT2D eigenvalue weighted by Gasteiger charge is 1.95. The summed E-state index contributed by atoms with van der Waals surface area (Å²) < 4.78 is 5.25. The van der Waals surface area contributed by atoms with Gasteiger partial charge in [0.25, 0.3) is 0 Å². The van der Waals surface area contributed by atoms with Crippen molar-refractivity contribution in [3.8, 4) is 5.88 Å². The maximum Gasteiger partial charge on any atom is 0.213 e. The van der Waals surface area contributed by atoms with Crippen LogP contribution in [-0.4, -0.2) is 18.6 Å². The Morgan fingerprint density at radius 3 is 3.00 bits per heavy atom. The van der Waals surface area contributed by atoms with E-state index >= 15 is 0 Å². The number of ether oxygens (including phenoxy) is 1. The van der Waals surface area contributed by atoms with Gasteiger partial charge in [0.1, 0.15) is 0 Å². The fourth-order valence-corrected chi connectivity index (χ4v) is 0.965. The van der Waals surface area contributed by atoms with Gasteiger partial charge in [-0.3, -0.25) is 0 Å². The van der Waals surface area contributed by atoms with Gasteiger partial charge >= 0.3 is 0 Å². The first-order valence-electron chi connectivity index (χ1n) is 4.10. The monoisotopic (exact) mass is 166 g/mol. The van der Waals surface area contributed by atoms with Gasteiger partial charge in [-0.05, 0) is 20.0 Å². The molecular formula is C9H14N2O. The van der Waals surface area contributed by atoms with Gasteiger partial charge in [-0.2, -0.15) is 0 Å². The van der Waals surface area contributed by atoms with Crippen molar-refractivity contribution in [2.75, 3.05) is 13.7 Å². The minimum absolute atomic E-state index is 0.663. The minimum atomic E-state index is 0.663. The van der Waals surface area contributed by atoms with Crippen LogP contribution in [-0.2, 0) is 6.54 Å². The molecule has 0 saturated carbocycles. The maximum atomic E-state index is 5.25. The second-order valence-electron chi connectivity index (χ2n) is 2.43. The Morgan fingerprint density at radius 1 is 1.50 bits per heavy atom. The predicted molar refractivity (Wildman–Crippen MR) is 48.2 cm³/mol. The van der Waals surface area contributed by atoms with E-state index in [4.69, 9.17) is 4.74 Å². The van der Waals surface area contributed by atoms with Crippen molar-refractivity contribution in [3.05, 3.63) is 23.9 Å². The molecule has 0 bridgehead atoms. The van der Waals surface area contributed by atoms with Crippen molar-refractivity contribution in [3.63, 3.8) is 0 Å². The number of pyridine rings is 1. The number of hydrogen-bond acceptors (Lipinski definition) is 3. The van der Waals surface area contributed by atoms with Crippen molar-refractivity contribution >= 4 is 0 Å². The molecule has 0 aliphatic rings. The van der Waals surface area contributed by atoms with Crippen LogP contribution in [0.4, 0.5) is 0 Å². The molecule has 0 spiro atoms. The highest BCUT2D eigenvalue weighted by atomic mass is 16.5. The third-order valence-corrected chi connectivity index (χ3v) is 1.43. The summed E-state index contributed by atoms with van der Waals surface area (Å²) >= 11 is 0. The molecule has 0 radical (unpaired) electrons. The molecule has 1 aromatic rings. The van der Waals surface area contributed by atoms with E-state index in [-0.39, 0.29) is 0 Å². The van der Waals surface area contributed by atoms with Gasteiger partial charge in [0.2, 0.25) is 5.88 Å². The fraction of sp³-hybridized carbons (Fsp3) is 0.444. The molecule has 1 N–H and O–H groups in total. The summed E-state index contributed by atoms with van der Waals surface area (Å²) in [6, 6.07) is 5.78. The summed E-state index contributed by atoms with van der Waals surface area (Å²) in [6.07, 6.45) is 0. The number of hydrogen-bond donors (Lipinski definition) is 1. The van der Waals surface area contributed by atoms with Crippen LogP contribution >= 0.6 is 0 Å². The molecule has 1 heterocycles. The van der Waals surface area contributed by atoms with Gasteiger partial charge in [0, 0.05) is 12.6 Å². The molecule has 0 aliphatic carbocycles. The van der Waals surface area contributed by atoms with E-state index in [1.807, 2.05) is 32.2 Å². The van der Waals surface area contributed by atoms with Crippen LogP contribution in [0.2, 0.25) is 0 Å². The molecular weight excluding hydrogens is 152 g/mol. The summed E-state index contributed by atoms with van der Waals surface area (Å²) in [5.74, 6) is 0.699. The van der Waals surface area contributed by atoms with E-state index in [9.17, 15) is 0 Å². The Morgan fingerprint density at radius 2 is 2.33 bits per heavy atom. The third kappa shape index (κ3) is 2.51. The number of nitrogens with zero attached hydrogens (tertiary/aromatic N) is 1. The van der Waals surface area contributed by atoms with E-state index in [2.05, 4.69) is 10.3 Å². The lowest BCUT2D eigenvalue weighted by Gasteiger charge is -2.03. The van der Waals surface area contributed by atoms with Crippen LogP contribution < -0.4 is 10.1 Å². The van der Waals surface area contributed by atoms with Crippen molar-refractivity contribution in [1.82, 2.24) is 10.3 Å². The van der Waals surface area contributed by atoms with Gasteiger partial charge in [-0.25, -0.2) is 4.98 Å². The van der Waals surface area contributed by atoms with E-state index in [1.54, 1.807) is 0 Å². The van der Waals surface area contributed by atoms with Gasteiger partial charge in [-0.1, -0.05) is 6.07 Å². The van der Waals surface area contributed by atoms with Crippen LogP contribution in [0.25, 0.3) is 0 Å². The molecule has 3 heteroatoms. The first kappa shape index (κ1) is 9.00. The lowest BCUT2D eigenvalue weighted by atomic mass is 10.3. The van der Waals surface area contributed by atoms with E-state index < -0.39 is 0 Å². The van der Waals surface area contributed by atoms with Crippen LogP contribution in [0, 0.1) is 0 Å². The second kappa shape index (κ2) is 4.72. The Kier molecular flexibility index (Phi) is 3.54. The summed E-state index contributed by atoms with van der Waals surface area (Å²) in [4.78, 5) is 4.27. The zero-order valence-corrected chi connectivity index (χ0v) is 7.50. The molecule has 0 fully saturated rings. The summed E-state index contributed by atoms with van der Waals surface area (Å²) in [5.41, 5.74) is 1.00. The Labute approximate surface area is 72.8 Å². The molecule has 12 heavy (non-hydrogen) atoms. The highest BCUT2D eigenvalue weighted by molar-refractivity contribution is 5.15. The molecule has 0 aromatic carbocycles. The van der Waals surface area contributed by atoms with Crippen molar-refractivity contribution < 1.29 is 4.74 Å². The lowest BCUT2D eigenvalue weighted by molar-refractivity contribution is 0.325. The first-order chi connectivity index (χ1) is 5.86. The molecule has 3 nitrogen and oxygen atoms in total. The van der Waals surface area contributed by atoms with E-state index in [0.29, 0.717) is 12.5 Å². The third-order valence-electron chi connectivity index (χ3n) is 1.43. The standard InChI is InChI=1S/C9H14N2O/c1-3-12-9-6-4-5-8(11-9)7-10-2/h4-6,10H,3,7H2,1-2H3. The molecule has 0 atom stereocenters. The topological polar surface area (TPSA) is 34.1 Å². The highest BCUT2D eigenvalue weighted by Crippen LogP contribution is 2.06. The first-order valence-corrected chi connectivity index (χ1v) is 4.10. The van der Waals surface area contributed by atoms with Crippen LogP contribution in [0.15, 0.2) is 18.2 Å². The Bertz CT molecular complexity index is 216. The Hall–Kier alpha value is -1.09. The zero-order valence-electron chi connectivity index (χ0n) is 7.50. The molecule has 0 aliphatic heterocycles. The molecule has 0 unspecified atom stereocenters. The SMILES string of the molecule is CCOc1cccc(CNC)n1. The summed E-state index contributed by atoms with van der Waals surface area (Å²) in [5, 5.41) is 3.04. The van der Waals surface area contributed by atoms with Crippen LogP contribution in [0.1, 0.15) is 12.6 Å². The summed E-state index contributed by atoms with van der Waals surface area (Å²) in [6.45, 7) is 3.39. The molecule has 0 amide bonds. The quantitative estimate of drug-likeness (QED) is 0.729. The second-order valence-corrected chi connectivity index (χ2v) is 2.43. The number of nitrogens with one attached hydrogen (secondary N) is 1. The largest absolute Gasteiger partial charge is 0.478 e. The number of aromatic nitrogens is 1. The summed E-state index contributed by atoms with van der Waals surface area (Å²) in [7, 11) is 1.90. The average Bonchev–Trinajstić information content (AvgIpc) is 2.06. The van der Waals surface area contributed by atoms with Crippen LogP contribution in [0.5, 0.6) is 5.88 Å². The normalized spacial score (nSPS) is 9.83. The zero-order chi connectivity index (χ0) is 8.81. The van der Waals surface area contributed by atoms with Crippen LogP contribution in [0.3, 0.4) is 0 Å². The smallest absolute Gasteiger partial charge is 0.213 e. The maximum absolute atomic E-state index is 5.25. The fourth-order valence-electron chi connectivity index (χ4n) is 0.965. The van der Waals surface area contributed by atoms with Gasteiger partial charge in [0.15, 0.2) is 0 Å². The molecule has 1 aromatic heterocycles. The van der Waals surface area contributed by atoms with E-state index in [1.165, 1.54) is 0 Å². The van der Waals surface area contributed by atoms with Gasteiger partial charge in [-0.15, -0.1) is 0 Å². The molecule has 1 rings (SSSR count). The number of rotatable bonds is 4. The van der Waals surface area contributed by atoms with E-state index in [0.717, 1.165) is 12.2 Å². The van der Waals surface area contributed by atoms with Crippen molar-refractivity contribution in [2.45, 2.75) is 13.5 Å². The predicted octanol–water partition coefficient (Wildman–Crippen LogP) is 1.20. The Balaban J connectivity index is 2.67. The molecule has 66 valence electrons. The minimum Gasteiger partial charge on any atom is -0.478 e. The molecule has 0 saturated heterocycles. The average molecular weight is 166 g/mol.